The molecule has 43 heavy (non-hydrogen) atoms. The first-order chi connectivity index (χ1) is 21.0. The van der Waals surface area contributed by atoms with Crippen LogP contribution >= 0.6 is 0 Å². The van der Waals surface area contributed by atoms with Gasteiger partial charge in [0.25, 0.3) is 5.91 Å². The molecule has 3 heterocycles. The number of carbonyl (C=O) groups excluding carboxylic acids is 2. The topological polar surface area (TPSA) is 172 Å². The molecule has 1 aliphatic rings. The van der Waals surface area contributed by atoms with E-state index < -0.39 is 0 Å². The van der Waals surface area contributed by atoms with Gasteiger partial charge in [-0.05, 0) is 43.5 Å². The molecule has 0 spiro atoms. The highest BCUT2D eigenvalue weighted by Gasteiger charge is 2.16. The summed E-state index contributed by atoms with van der Waals surface area (Å²) in [5.74, 6) is 0.362. The number of H-pyrrole nitrogens is 1. The molecule has 1 aromatic carbocycles. The van der Waals surface area contributed by atoms with E-state index in [0.29, 0.717) is 71.5 Å². The Morgan fingerprint density at radius 2 is 1.93 bits per heavy atom. The first kappa shape index (κ1) is 29.4. The quantitative estimate of drug-likeness (QED) is 0.180. The second kappa shape index (κ2) is 14.2. The van der Waals surface area contributed by atoms with Crippen molar-refractivity contribution in [3.63, 3.8) is 0 Å². The van der Waals surface area contributed by atoms with Crippen molar-refractivity contribution in [2.75, 3.05) is 24.3 Å². The lowest BCUT2D eigenvalue weighted by Gasteiger charge is -2.22. The number of nitrogens with two attached hydrogens (primary N) is 1. The highest BCUT2D eigenvalue weighted by molar-refractivity contribution is 6.05. The smallest absolute Gasteiger partial charge is 0.256 e. The number of rotatable bonds is 11. The van der Waals surface area contributed by atoms with Crippen LogP contribution in [0.15, 0.2) is 54.9 Å². The fraction of sp³-hybridized carbons (Fsp3) is 0.312. The molecule has 0 unspecified atom stereocenters. The van der Waals surface area contributed by atoms with Gasteiger partial charge in [-0.1, -0.05) is 43.5 Å². The van der Waals surface area contributed by atoms with Crippen molar-refractivity contribution in [3.05, 3.63) is 71.6 Å². The van der Waals surface area contributed by atoms with Crippen LogP contribution in [0.3, 0.4) is 0 Å². The second-order valence-corrected chi connectivity index (χ2v) is 10.4. The van der Waals surface area contributed by atoms with Crippen LogP contribution in [-0.2, 0) is 9.53 Å². The molecule has 0 bridgehead atoms. The zero-order chi connectivity index (χ0) is 30.0. The summed E-state index contributed by atoms with van der Waals surface area (Å²) in [4.78, 5) is 33.3. The lowest BCUT2D eigenvalue weighted by atomic mass is 9.95. The van der Waals surface area contributed by atoms with Gasteiger partial charge < -0.3 is 21.1 Å². The molecule has 5 rings (SSSR count). The molecule has 0 aliphatic heterocycles. The molecule has 11 nitrogen and oxygen atoms in total. The zero-order valence-electron chi connectivity index (χ0n) is 23.8. The number of ether oxygens (including phenoxy) is 1. The number of carbonyl (C=O) groups is 2. The van der Waals surface area contributed by atoms with Gasteiger partial charge in [0, 0.05) is 41.5 Å². The van der Waals surface area contributed by atoms with Gasteiger partial charge in [0.05, 0.1) is 35.9 Å². The van der Waals surface area contributed by atoms with Crippen LogP contribution in [0.1, 0.15) is 66.4 Å². The van der Waals surface area contributed by atoms with E-state index in [4.69, 9.17) is 15.7 Å². The number of amides is 2. The number of hydrogen-bond acceptors (Lipinski definition) is 8. The van der Waals surface area contributed by atoms with E-state index in [2.05, 4.69) is 30.8 Å². The van der Waals surface area contributed by atoms with E-state index in [1.165, 1.54) is 31.5 Å². The molecule has 1 fully saturated rings. The van der Waals surface area contributed by atoms with Gasteiger partial charge in [-0.15, -0.1) is 0 Å². The molecule has 2 amide bonds. The van der Waals surface area contributed by atoms with Gasteiger partial charge in [-0.25, -0.2) is 9.97 Å². The number of pyridine rings is 2. The summed E-state index contributed by atoms with van der Waals surface area (Å²) in [5, 5.41) is 23.1. The maximum absolute atomic E-state index is 12.7. The number of aromatic amines is 1. The predicted octanol–water partition coefficient (Wildman–Crippen LogP) is 4.98. The molecule has 1 saturated carbocycles. The molecule has 0 radical (unpaired) electrons. The molecule has 1 aliphatic carbocycles. The van der Waals surface area contributed by atoms with Crippen LogP contribution in [0.25, 0.3) is 28.2 Å². The minimum absolute atomic E-state index is 0.0598. The number of anilines is 2. The third kappa shape index (κ3) is 7.61. The highest BCUT2D eigenvalue weighted by Crippen LogP contribution is 2.32. The Kier molecular flexibility index (Phi) is 9.71. The summed E-state index contributed by atoms with van der Waals surface area (Å²) in [5.41, 5.74) is 10.1. The van der Waals surface area contributed by atoms with Crippen molar-refractivity contribution in [2.24, 2.45) is 0 Å². The number of benzene rings is 1. The summed E-state index contributed by atoms with van der Waals surface area (Å²) in [6.45, 7) is 0.902. The molecule has 11 heteroatoms. The van der Waals surface area contributed by atoms with E-state index in [1.54, 1.807) is 36.5 Å². The van der Waals surface area contributed by atoms with Crippen molar-refractivity contribution in [2.45, 2.75) is 51.0 Å². The van der Waals surface area contributed by atoms with Crippen LogP contribution in [0, 0.1) is 11.3 Å². The molecular formula is C32H34N8O3. The van der Waals surface area contributed by atoms with E-state index in [0.717, 1.165) is 24.0 Å². The molecular weight excluding hydrogens is 544 g/mol. The Morgan fingerprint density at radius 3 is 2.72 bits per heavy atom. The van der Waals surface area contributed by atoms with E-state index >= 15 is 0 Å². The number of aromatic nitrogens is 4. The fourth-order valence-electron chi connectivity index (χ4n) is 5.12. The Balaban J connectivity index is 1.16. The zero-order valence-corrected chi connectivity index (χ0v) is 23.8. The van der Waals surface area contributed by atoms with E-state index in [9.17, 15) is 9.59 Å². The SMILES string of the molecule is N#Cc1ccnc(NC(=O)c2ccc(-c3[nH]nc4c(/C=C/CCOCCC(=O)NC5CCCCC5)cnc(N)c34)cc2)c1. The standard InChI is InChI=1S/C32H34N8O3/c33-19-21-13-15-35-26(18-21)38-32(42)23-11-9-22(10-12-23)29-28-30(40-39-29)24(20-36-31(28)34)6-4-5-16-43-17-14-27(41)37-25-7-2-1-3-8-25/h4,6,9-13,15,18,20,25H,1-3,5,7-8,14,16-17H2,(H2,34,36)(H,37,41)(H,39,40)(H,35,38,42)/b6-4+. The van der Waals surface area contributed by atoms with Crippen LogP contribution in [0.4, 0.5) is 11.6 Å². The van der Waals surface area contributed by atoms with E-state index in [1.807, 2.05) is 18.2 Å². The summed E-state index contributed by atoms with van der Waals surface area (Å²) in [7, 11) is 0. The average Bonchev–Trinajstić information content (AvgIpc) is 3.49. The van der Waals surface area contributed by atoms with Gasteiger partial charge in [-0.2, -0.15) is 10.4 Å². The summed E-state index contributed by atoms with van der Waals surface area (Å²) >= 11 is 0. The molecule has 220 valence electrons. The van der Waals surface area contributed by atoms with Gasteiger partial charge in [0.1, 0.15) is 17.2 Å². The maximum atomic E-state index is 12.7. The van der Waals surface area contributed by atoms with Gasteiger partial charge in [0.2, 0.25) is 5.91 Å². The van der Waals surface area contributed by atoms with Crippen molar-refractivity contribution in [3.8, 4) is 17.3 Å². The van der Waals surface area contributed by atoms with Crippen molar-refractivity contribution >= 4 is 40.4 Å². The van der Waals surface area contributed by atoms with Crippen LogP contribution in [0.5, 0.6) is 0 Å². The minimum Gasteiger partial charge on any atom is -0.383 e. The normalized spacial score (nSPS) is 13.7. The Morgan fingerprint density at radius 1 is 1.12 bits per heavy atom. The number of nitrogens with zero attached hydrogens (tertiary/aromatic N) is 4. The first-order valence-corrected chi connectivity index (χ1v) is 14.5. The Labute approximate surface area is 249 Å². The number of fused-ring (bicyclic) bond motifs is 1. The number of nitrogens with one attached hydrogen (secondary N) is 3. The van der Waals surface area contributed by atoms with Gasteiger partial charge >= 0.3 is 0 Å². The average molecular weight is 579 g/mol. The number of nitriles is 1. The van der Waals surface area contributed by atoms with Gasteiger partial charge in [0.15, 0.2) is 0 Å². The van der Waals surface area contributed by atoms with Crippen molar-refractivity contribution in [1.82, 2.24) is 25.5 Å². The highest BCUT2D eigenvalue weighted by atomic mass is 16.5. The lowest BCUT2D eigenvalue weighted by Crippen LogP contribution is -2.36. The Hall–Kier alpha value is -5.08. The third-order valence-corrected chi connectivity index (χ3v) is 7.38. The third-order valence-electron chi connectivity index (χ3n) is 7.38. The second-order valence-electron chi connectivity index (χ2n) is 10.4. The maximum Gasteiger partial charge on any atom is 0.256 e. The van der Waals surface area contributed by atoms with Crippen molar-refractivity contribution < 1.29 is 14.3 Å². The number of nitrogen functional groups attached to an aromatic ring is 1. The Bertz CT molecular complexity index is 1650. The van der Waals surface area contributed by atoms with Crippen molar-refractivity contribution in [1.29, 1.82) is 5.26 Å². The number of hydrogen-bond donors (Lipinski definition) is 4. The van der Waals surface area contributed by atoms with Crippen LogP contribution in [-0.4, -0.2) is 51.2 Å². The molecule has 0 saturated heterocycles. The largest absolute Gasteiger partial charge is 0.383 e. The fourth-order valence-corrected chi connectivity index (χ4v) is 5.12. The molecule has 3 aromatic heterocycles. The first-order valence-electron chi connectivity index (χ1n) is 14.5. The predicted molar refractivity (Wildman–Crippen MR) is 165 cm³/mol. The molecule has 4 aromatic rings. The summed E-state index contributed by atoms with van der Waals surface area (Å²) in [6, 6.07) is 12.4. The molecule has 5 N–H and O–H groups in total. The monoisotopic (exact) mass is 578 g/mol. The molecule has 0 atom stereocenters. The summed E-state index contributed by atoms with van der Waals surface area (Å²) < 4.78 is 5.66. The van der Waals surface area contributed by atoms with E-state index in [-0.39, 0.29) is 11.8 Å². The van der Waals surface area contributed by atoms with Crippen LogP contribution < -0.4 is 16.4 Å². The van der Waals surface area contributed by atoms with Gasteiger partial charge in [-0.3, -0.25) is 14.7 Å². The summed E-state index contributed by atoms with van der Waals surface area (Å²) in [6.07, 6.45) is 13.9. The minimum atomic E-state index is -0.344. The lowest BCUT2D eigenvalue weighted by molar-refractivity contribution is -0.123. The van der Waals surface area contributed by atoms with Crippen LogP contribution in [0.2, 0.25) is 0 Å².